The van der Waals surface area contributed by atoms with E-state index in [1.807, 2.05) is 41.5 Å². The molecule has 0 spiro atoms. The van der Waals surface area contributed by atoms with E-state index in [-0.39, 0.29) is 6.03 Å². The van der Waals surface area contributed by atoms with Crippen molar-refractivity contribution in [2.75, 3.05) is 36.1 Å². The fraction of sp³-hybridized carbons (Fsp3) is 0.316. The summed E-state index contributed by atoms with van der Waals surface area (Å²) in [5, 5.41) is 2.99. The van der Waals surface area contributed by atoms with Crippen molar-refractivity contribution in [3.63, 3.8) is 0 Å². The number of para-hydroxylation sites is 1. The monoisotopic (exact) mass is 341 g/mol. The maximum atomic E-state index is 12.4. The van der Waals surface area contributed by atoms with Gasteiger partial charge in [0.05, 0.1) is 6.04 Å². The van der Waals surface area contributed by atoms with E-state index in [1.54, 1.807) is 11.8 Å². The molecule has 126 valence electrons. The lowest BCUT2D eigenvalue weighted by atomic mass is 10.1. The molecular weight excluding hydrogens is 318 g/mol. The molecule has 1 aliphatic heterocycles. The molecular formula is C19H23N3OS. The van der Waals surface area contributed by atoms with Gasteiger partial charge in [0, 0.05) is 35.9 Å². The molecule has 0 aromatic heterocycles. The molecule has 2 aromatic carbocycles. The number of benzene rings is 2. The van der Waals surface area contributed by atoms with E-state index >= 15 is 0 Å². The Bertz CT molecular complexity index is 686. The number of amides is 2. The Labute approximate surface area is 147 Å². The number of nitrogens with zero attached hydrogens (tertiary/aromatic N) is 2. The van der Waals surface area contributed by atoms with Gasteiger partial charge in [-0.05, 0) is 43.5 Å². The zero-order chi connectivity index (χ0) is 16.9. The molecule has 0 atom stereocenters. The molecule has 1 heterocycles. The third-order valence-electron chi connectivity index (χ3n) is 4.34. The van der Waals surface area contributed by atoms with Crippen LogP contribution in [0.2, 0.25) is 0 Å². The molecule has 0 saturated carbocycles. The predicted molar refractivity (Wildman–Crippen MR) is 102 cm³/mol. The highest BCUT2D eigenvalue weighted by atomic mass is 32.2. The van der Waals surface area contributed by atoms with Crippen molar-refractivity contribution in [2.45, 2.75) is 17.9 Å². The maximum Gasteiger partial charge on any atom is 0.321 e. The molecule has 4 nitrogen and oxygen atoms in total. The molecule has 1 fully saturated rings. The Morgan fingerprint density at radius 1 is 1.21 bits per heavy atom. The van der Waals surface area contributed by atoms with Gasteiger partial charge in [-0.3, -0.25) is 0 Å². The van der Waals surface area contributed by atoms with Crippen molar-refractivity contribution < 1.29 is 4.79 Å². The van der Waals surface area contributed by atoms with E-state index in [4.69, 9.17) is 0 Å². The summed E-state index contributed by atoms with van der Waals surface area (Å²) in [5.74, 6) is 0. The van der Waals surface area contributed by atoms with Crippen molar-refractivity contribution in [3.8, 4) is 0 Å². The van der Waals surface area contributed by atoms with Gasteiger partial charge in [0.1, 0.15) is 0 Å². The van der Waals surface area contributed by atoms with Crippen LogP contribution in [-0.4, -0.2) is 42.9 Å². The topological polar surface area (TPSA) is 35.6 Å². The number of likely N-dealkylation sites (N-methyl/N-ethyl adjacent to an activating group) is 1. The molecule has 0 bridgehead atoms. The van der Waals surface area contributed by atoms with Crippen LogP contribution in [0.25, 0.3) is 0 Å². The first-order chi connectivity index (χ1) is 11.7. The van der Waals surface area contributed by atoms with Crippen molar-refractivity contribution in [1.29, 1.82) is 0 Å². The lowest BCUT2D eigenvalue weighted by Crippen LogP contribution is -2.62. The van der Waals surface area contributed by atoms with Gasteiger partial charge in [-0.2, -0.15) is 0 Å². The third kappa shape index (κ3) is 3.67. The first kappa shape index (κ1) is 16.7. The van der Waals surface area contributed by atoms with E-state index in [0.717, 1.165) is 30.2 Å². The molecule has 0 aliphatic carbocycles. The van der Waals surface area contributed by atoms with E-state index in [2.05, 4.69) is 41.4 Å². The van der Waals surface area contributed by atoms with Crippen LogP contribution in [-0.2, 0) is 0 Å². The second-order valence-corrected chi connectivity index (χ2v) is 6.72. The zero-order valence-corrected chi connectivity index (χ0v) is 14.9. The number of carbonyl (C=O) groups is 1. The van der Waals surface area contributed by atoms with Gasteiger partial charge < -0.3 is 15.1 Å². The summed E-state index contributed by atoms with van der Waals surface area (Å²) < 4.78 is 0. The molecule has 1 aliphatic rings. The number of likely N-dealkylation sites (tertiary alicyclic amines) is 1. The Morgan fingerprint density at radius 2 is 1.96 bits per heavy atom. The van der Waals surface area contributed by atoms with Crippen LogP contribution in [0.5, 0.6) is 0 Å². The summed E-state index contributed by atoms with van der Waals surface area (Å²) in [6.45, 7) is 4.62. The van der Waals surface area contributed by atoms with Crippen LogP contribution in [0.1, 0.15) is 6.92 Å². The highest BCUT2D eigenvalue weighted by Crippen LogP contribution is 2.24. The fourth-order valence-corrected chi connectivity index (χ4v) is 3.45. The summed E-state index contributed by atoms with van der Waals surface area (Å²) in [6.07, 6.45) is 2.03. The van der Waals surface area contributed by atoms with Crippen molar-refractivity contribution in [1.82, 2.24) is 4.90 Å². The van der Waals surface area contributed by atoms with Gasteiger partial charge >= 0.3 is 6.03 Å². The smallest absolute Gasteiger partial charge is 0.321 e. The van der Waals surface area contributed by atoms with Gasteiger partial charge in [-0.1, -0.05) is 24.3 Å². The van der Waals surface area contributed by atoms with Gasteiger partial charge in [0.2, 0.25) is 0 Å². The Morgan fingerprint density at radius 3 is 2.62 bits per heavy atom. The summed E-state index contributed by atoms with van der Waals surface area (Å²) in [7, 11) is 0. The average Bonchev–Trinajstić information content (AvgIpc) is 2.58. The molecule has 24 heavy (non-hydrogen) atoms. The first-order valence-corrected chi connectivity index (χ1v) is 9.45. The minimum atomic E-state index is -0.0198. The number of anilines is 2. The van der Waals surface area contributed by atoms with Gasteiger partial charge in [0.25, 0.3) is 0 Å². The molecule has 1 N–H and O–H groups in total. The number of rotatable bonds is 5. The SMILES string of the molecule is CCN(c1ccccc1)C1CN(C(=O)Nc2cccc(SC)c2)C1. The highest BCUT2D eigenvalue weighted by Gasteiger charge is 2.34. The van der Waals surface area contributed by atoms with Gasteiger partial charge in [0.15, 0.2) is 0 Å². The second-order valence-electron chi connectivity index (χ2n) is 5.84. The van der Waals surface area contributed by atoms with Crippen molar-refractivity contribution in [3.05, 3.63) is 54.6 Å². The largest absolute Gasteiger partial charge is 0.365 e. The van der Waals surface area contributed by atoms with Crippen LogP contribution in [0.3, 0.4) is 0 Å². The zero-order valence-electron chi connectivity index (χ0n) is 14.1. The molecule has 3 rings (SSSR count). The molecule has 0 radical (unpaired) electrons. The molecule has 2 aromatic rings. The van der Waals surface area contributed by atoms with Crippen LogP contribution >= 0.6 is 11.8 Å². The minimum absolute atomic E-state index is 0.0198. The van der Waals surface area contributed by atoms with E-state index in [0.29, 0.717) is 6.04 Å². The second kappa shape index (κ2) is 7.62. The van der Waals surface area contributed by atoms with Crippen LogP contribution < -0.4 is 10.2 Å². The molecule has 1 saturated heterocycles. The Hall–Kier alpha value is -2.14. The Kier molecular flexibility index (Phi) is 5.30. The van der Waals surface area contributed by atoms with Crippen molar-refractivity contribution >= 4 is 29.2 Å². The average molecular weight is 341 g/mol. The lowest BCUT2D eigenvalue weighted by molar-refractivity contribution is 0.161. The van der Waals surface area contributed by atoms with Crippen LogP contribution in [0, 0.1) is 0 Å². The summed E-state index contributed by atoms with van der Waals surface area (Å²) in [6, 6.07) is 18.7. The molecule has 2 amide bonds. The number of hydrogen-bond acceptors (Lipinski definition) is 3. The van der Waals surface area contributed by atoms with E-state index in [9.17, 15) is 4.79 Å². The third-order valence-corrected chi connectivity index (χ3v) is 5.07. The summed E-state index contributed by atoms with van der Waals surface area (Å²) in [4.78, 5) is 17.7. The number of nitrogens with one attached hydrogen (secondary N) is 1. The van der Waals surface area contributed by atoms with Gasteiger partial charge in [-0.15, -0.1) is 11.8 Å². The van der Waals surface area contributed by atoms with Gasteiger partial charge in [-0.25, -0.2) is 4.79 Å². The normalized spacial score (nSPS) is 14.2. The highest BCUT2D eigenvalue weighted by molar-refractivity contribution is 7.98. The summed E-state index contributed by atoms with van der Waals surface area (Å²) >= 11 is 1.67. The molecule has 0 unspecified atom stereocenters. The quantitative estimate of drug-likeness (QED) is 0.830. The number of hydrogen-bond donors (Lipinski definition) is 1. The molecule has 5 heteroatoms. The number of thioether (sulfide) groups is 1. The summed E-state index contributed by atoms with van der Waals surface area (Å²) in [5.41, 5.74) is 2.07. The minimum Gasteiger partial charge on any atom is -0.365 e. The maximum absolute atomic E-state index is 12.4. The Balaban J connectivity index is 1.56. The lowest BCUT2D eigenvalue weighted by Gasteiger charge is -2.46. The van der Waals surface area contributed by atoms with Crippen molar-refractivity contribution in [2.24, 2.45) is 0 Å². The van der Waals surface area contributed by atoms with E-state index in [1.165, 1.54) is 5.69 Å². The van der Waals surface area contributed by atoms with E-state index < -0.39 is 0 Å². The predicted octanol–water partition coefficient (Wildman–Crippen LogP) is 4.15. The first-order valence-electron chi connectivity index (χ1n) is 8.23. The van der Waals surface area contributed by atoms with Crippen LogP contribution in [0.4, 0.5) is 16.2 Å². The standard InChI is InChI=1S/C19H23N3OS/c1-3-22(16-9-5-4-6-10-16)17-13-21(14-17)19(23)20-15-8-7-11-18(12-15)24-2/h4-12,17H,3,13-14H2,1-2H3,(H,20,23). The number of carbonyl (C=O) groups excluding carboxylic acids is 1. The van der Waals surface area contributed by atoms with Crippen LogP contribution in [0.15, 0.2) is 59.5 Å². The number of urea groups is 1. The fourth-order valence-electron chi connectivity index (χ4n) is 2.99.